The van der Waals surface area contributed by atoms with E-state index >= 15 is 0 Å². The van der Waals surface area contributed by atoms with E-state index in [1.54, 1.807) is 12.1 Å². The van der Waals surface area contributed by atoms with Crippen LogP contribution < -0.4 is 10.6 Å². The summed E-state index contributed by atoms with van der Waals surface area (Å²) in [5.74, 6) is -1.02. The van der Waals surface area contributed by atoms with Gasteiger partial charge in [-0.15, -0.1) is 0 Å². The highest BCUT2D eigenvalue weighted by molar-refractivity contribution is 5.98. The van der Waals surface area contributed by atoms with Crippen molar-refractivity contribution in [1.82, 2.24) is 5.32 Å². The molecule has 0 aromatic heterocycles. The van der Waals surface area contributed by atoms with Crippen LogP contribution in [0.15, 0.2) is 78.9 Å². The molecule has 0 atom stereocenters. The zero-order valence-corrected chi connectivity index (χ0v) is 18.1. The SMILES string of the molecule is O=C(O)c1ccc(Cc2ccc3ccc(C(=O)NCc4ccc5c(c4)CCN5)cc3c2)cc1. The molecule has 1 amide bonds. The van der Waals surface area contributed by atoms with Crippen molar-refractivity contribution in [2.75, 3.05) is 11.9 Å². The molecule has 5 nitrogen and oxygen atoms in total. The van der Waals surface area contributed by atoms with E-state index in [9.17, 15) is 9.59 Å². The molecule has 0 saturated heterocycles. The fourth-order valence-electron chi connectivity index (χ4n) is 4.30. The first-order chi connectivity index (χ1) is 16.0. The van der Waals surface area contributed by atoms with Gasteiger partial charge in [-0.3, -0.25) is 4.79 Å². The fraction of sp³-hybridized carbons (Fsp3) is 0.143. The molecule has 1 aliphatic rings. The standard InChI is InChI=1S/C28H24N2O3/c31-27(30-17-20-4-10-26-23(15-20)11-12-29-26)24-9-8-21-5-3-19(14-25(21)16-24)13-18-1-6-22(7-2-18)28(32)33/h1-10,14-16,29H,11-13,17H2,(H,30,31)(H,32,33). The molecule has 1 heterocycles. The van der Waals surface area contributed by atoms with Crippen LogP contribution >= 0.6 is 0 Å². The number of carboxylic acid groups (broad SMARTS) is 1. The van der Waals surface area contributed by atoms with Crippen molar-refractivity contribution < 1.29 is 14.7 Å². The van der Waals surface area contributed by atoms with Crippen LogP contribution in [0.1, 0.15) is 43.0 Å². The van der Waals surface area contributed by atoms with Crippen LogP contribution in [0.2, 0.25) is 0 Å². The minimum atomic E-state index is -0.925. The summed E-state index contributed by atoms with van der Waals surface area (Å²) in [7, 11) is 0. The average Bonchev–Trinajstić information content (AvgIpc) is 3.30. The van der Waals surface area contributed by atoms with Crippen molar-refractivity contribution in [3.05, 3.63) is 112 Å². The van der Waals surface area contributed by atoms with Crippen molar-refractivity contribution in [3.8, 4) is 0 Å². The normalized spacial score (nSPS) is 12.2. The van der Waals surface area contributed by atoms with Crippen LogP contribution in [0, 0.1) is 0 Å². The third kappa shape index (κ3) is 4.58. The van der Waals surface area contributed by atoms with Crippen molar-refractivity contribution in [2.24, 2.45) is 0 Å². The Kier molecular flexibility index (Phi) is 5.53. The van der Waals surface area contributed by atoms with Gasteiger partial charge in [0.2, 0.25) is 0 Å². The molecular weight excluding hydrogens is 412 g/mol. The van der Waals surface area contributed by atoms with E-state index in [4.69, 9.17) is 5.11 Å². The molecule has 5 heteroatoms. The number of hydrogen-bond donors (Lipinski definition) is 3. The number of amides is 1. The number of fused-ring (bicyclic) bond motifs is 2. The number of carboxylic acids is 1. The molecule has 0 spiro atoms. The molecule has 1 aliphatic heterocycles. The minimum Gasteiger partial charge on any atom is -0.478 e. The van der Waals surface area contributed by atoms with E-state index in [1.807, 2.05) is 36.4 Å². The summed E-state index contributed by atoms with van der Waals surface area (Å²) in [5.41, 5.74) is 6.65. The molecule has 5 rings (SSSR count). The Hall–Kier alpha value is -4.12. The Balaban J connectivity index is 1.29. The highest BCUT2D eigenvalue weighted by Crippen LogP contribution is 2.23. The van der Waals surface area contributed by atoms with Gasteiger partial charge in [0.05, 0.1) is 5.56 Å². The van der Waals surface area contributed by atoms with Gasteiger partial charge in [0.1, 0.15) is 0 Å². The third-order valence-corrected chi connectivity index (χ3v) is 6.11. The van der Waals surface area contributed by atoms with Crippen LogP contribution in [0.25, 0.3) is 10.8 Å². The van der Waals surface area contributed by atoms with E-state index in [-0.39, 0.29) is 11.5 Å². The third-order valence-electron chi connectivity index (χ3n) is 6.11. The highest BCUT2D eigenvalue weighted by Gasteiger charge is 2.11. The van der Waals surface area contributed by atoms with Gasteiger partial charge in [0.15, 0.2) is 0 Å². The van der Waals surface area contributed by atoms with Crippen LogP contribution in [0.3, 0.4) is 0 Å². The molecule has 3 N–H and O–H groups in total. The second-order valence-electron chi connectivity index (χ2n) is 8.43. The number of carbonyl (C=O) groups excluding carboxylic acids is 1. The summed E-state index contributed by atoms with van der Waals surface area (Å²) >= 11 is 0. The summed E-state index contributed by atoms with van der Waals surface area (Å²) < 4.78 is 0. The molecular formula is C28H24N2O3. The maximum absolute atomic E-state index is 12.8. The van der Waals surface area contributed by atoms with E-state index in [1.165, 1.54) is 11.3 Å². The number of nitrogens with one attached hydrogen (secondary N) is 2. The predicted octanol–water partition coefficient (Wildman–Crippen LogP) is 5.03. The summed E-state index contributed by atoms with van der Waals surface area (Å²) in [4.78, 5) is 23.8. The Bertz CT molecular complexity index is 1360. The molecule has 0 aliphatic carbocycles. The maximum Gasteiger partial charge on any atom is 0.335 e. The lowest BCUT2D eigenvalue weighted by Gasteiger charge is -2.09. The second-order valence-corrected chi connectivity index (χ2v) is 8.43. The van der Waals surface area contributed by atoms with Crippen molar-refractivity contribution in [1.29, 1.82) is 0 Å². The van der Waals surface area contributed by atoms with Gasteiger partial charge in [-0.25, -0.2) is 4.79 Å². The van der Waals surface area contributed by atoms with Gasteiger partial charge < -0.3 is 15.7 Å². The quantitative estimate of drug-likeness (QED) is 0.396. The van der Waals surface area contributed by atoms with Gasteiger partial charge in [0.25, 0.3) is 5.91 Å². The Morgan fingerprint density at radius 1 is 0.788 bits per heavy atom. The lowest BCUT2D eigenvalue weighted by molar-refractivity contribution is 0.0696. The minimum absolute atomic E-state index is 0.0924. The van der Waals surface area contributed by atoms with Gasteiger partial charge in [-0.05, 0) is 76.2 Å². The average molecular weight is 437 g/mol. The van der Waals surface area contributed by atoms with Crippen LogP contribution in [-0.4, -0.2) is 23.5 Å². The number of rotatable bonds is 6. The molecule has 0 radical (unpaired) electrons. The lowest BCUT2D eigenvalue weighted by Crippen LogP contribution is -2.22. The molecule has 0 fully saturated rings. The van der Waals surface area contributed by atoms with Crippen LogP contribution in [0.5, 0.6) is 0 Å². The Morgan fingerprint density at radius 2 is 1.52 bits per heavy atom. The van der Waals surface area contributed by atoms with Gasteiger partial charge in [0, 0.05) is 24.3 Å². The van der Waals surface area contributed by atoms with Crippen LogP contribution in [0.4, 0.5) is 5.69 Å². The zero-order chi connectivity index (χ0) is 22.8. The monoisotopic (exact) mass is 436 g/mol. The number of anilines is 1. The Labute approximate surface area is 192 Å². The first-order valence-corrected chi connectivity index (χ1v) is 11.0. The number of aromatic carboxylic acids is 1. The van der Waals surface area contributed by atoms with Crippen molar-refractivity contribution in [2.45, 2.75) is 19.4 Å². The van der Waals surface area contributed by atoms with Gasteiger partial charge in [-0.1, -0.05) is 48.5 Å². The number of carbonyl (C=O) groups is 2. The molecule has 33 heavy (non-hydrogen) atoms. The predicted molar refractivity (Wildman–Crippen MR) is 130 cm³/mol. The van der Waals surface area contributed by atoms with E-state index < -0.39 is 5.97 Å². The summed E-state index contributed by atoms with van der Waals surface area (Å²) in [6, 6.07) is 25.2. The molecule has 0 saturated carbocycles. The lowest BCUT2D eigenvalue weighted by atomic mass is 9.99. The number of hydrogen-bond acceptors (Lipinski definition) is 3. The molecule has 164 valence electrons. The summed E-state index contributed by atoms with van der Waals surface area (Å²) in [5, 5.41) is 17.5. The smallest absolute Gasteiger partial charge is 0.335 e. The summed E-state index contributed by atoms with van der Waals surface area (Å²) in [6.45, 7) is 1.47. The van der Waals surface area contributed by atoms with Crippen molar-refractivity contribution in [3.63, 3.8) is 0 Å². The Morgan fingerprint density at radius 3 is 2.33 bits per heavy atom. The topological polar surface area (TPSA) is 78.4 Å². The molecule has 0 bridgehead atoms. The molecule has 4 aromatic carbocycles. The van der Waals surface area contributed by atoms with E-state index in [0.717, 1.165) is 40.4 Å². The largest absolute Gasteiger partial charge is 0.478 e. The van der Waals surface area contributed by atoms with Gasteiger partial charge >= 0.3 is 5.97 Å². The zero-order valence-electron chi connectivity index (χ0n) is 18.1. The first kappa shape index (κ1) is 20.8. The fourth-order valence-corrected chi connectivity index (χ4v) is 4.30. The first-order valence-electron chi connectivity index (χ1n) is 11.0. The van der Waals surface area contributed by atoms with Gasteiger partial charge in [-0.2, -0.15) is 0 Å². The molecule has 0 unspecified atom stereocenters. The second kappa shape index (κ2) is 8.79. The van der Waals surface area contributed by atoms with Crippen LogP contribution in [-0.2, 0) is 19.4 Å². The van der Waals surface area contributed by atoms with E-state index in [0.29, 0.717) is 18.5 Å². The maximum atomic E-state index is 12.8. The van der Waals surface area contributed by atoms with E-state index in [2.05, 4.69) is 41.0 Å². The van der Waals surface area contributed by atoms with Crippen molar-refractivity contribution >= 4 is 28.3 Å². The highest BCUT2D eigenvalue weighted by atomic mass is 16.4. The molecule has 4 aromatic rings. The number of benzene rings is 4. The summed E-state index contributed by atoms with van der Waals surface area (Å²) in [6.07, 6.45) is 1.72.